The number of anilines is 2. The Bertz CT molecular complexity index is 1260. The highest BCUT2D eigenvalue weighted by molar-refractivity contribution is 7.92. The number of hydrogen-bond donors (Lipinski definition) is 2. The maximum atomic E-state index is 12.8. The molecule has 3 aromatic rings. The van der Waals surface area contributed by atoms with Gasteiger partial charge in [0, 0.05) is 23.4 Å². The molecule has 8 heteroatoms. The molecule has 0 atom stereocenters. The van der Waals surface area contributed by atoms with E-state index < -0.39 is 10.0 Å². The van der Waals surface area contributed by atoms with E-state index in [0.29, 0.717) is 28.4 Å². The van der Waals surface area contributed by atoms with Crippen LogP contribution in [-0.2, 0) is 14.8 Å². The van der Waals surface area contributed by atoms with Gasteiger partial charge in [-0.25, -0.2) is 8.42 Å². The van der Waals surface area contributed by atoms with E-state index in [2.05, 4.69) is 10.0 Å². The molecule has 3 aromatic carbocycles. The molecule has 0 spiro atoms. The second kappa shape index (κ2) is 10.2. The lowest BCUT2D eigenvalue weighted by Gasteiger charge is -2.13. The fourth-order valence-corrected chi connectivity index (χ4v) is 4.39. The molecule has 0 saturated heterocycles. The van der Waals surface area contributed by atoms with E-state index in [1.54, 1.807) is 43.5 Å². The van der Waals surface area contributed by atoms with Crippen LogP contribution in [0.5, 0.6) is 11.5 Å². The molecule has 0 aliphatic carbocycles. The molecule has 0 aromatic heterocycles. The van der Waals surface area contributed by atoms with Crippen LogP contribution in [-0.4, -0.2) is 28.5 Å². The van der Waals surface area contributed by atoms with Gasteiger partial charge in [0.1, 0.15) is 11.5 Å². The van der Waals surface area contributed by atoms with Crippen molar-refractivity contribution in [3.05, 3.63) is 83.4 Å². The lowest BCUT2D eigenvalue weighted by molar-refractivity contribution is -0.111. The van der Waals surface area contributed by atoms with E-state index in [0.717, 1.165) is 11.1 Å². The first-order chi connectivity index (χ1) is 15.7. The lowest BCUT2D eigenvalue weighted by atomic mass is 10.1. The zero-order valence-corrected chi connectivity index (χ0v) is 19.7. The number of carbonyl (C=O) groups is 1. The average molecular weight is 467 g/mol. The summed E-state index contributed by atoms with van der Waals surface area (Å²) in [6.45, 7) is 3.69. The Hall–Kier alpha value is -3.78. The highest BCUT2D eigenvalue weighted by atomic mass is 32.2. The van der Waals surface area contributed by atoms with E-state index in [1.165, 1.54) is 25.3 Å². The van der Waals surface area contributed by atoms with Crippen molar-refractivity contribution in [1.29, 1.82) is 0 Å². The van der Waals surface area contributed by atoms with E-state index in [9.17, 15) is 13.2 Å². The van der Waals surface area contributed by atoms with Crippen LogP contribution in [0, 0.1) is 13.8 Å². The van der Waals surface area contributed by atoms with Crippen molar-refractivity contribution in [1.82, 2.24) is 0 Å². The van der Waals surface area contributed by atoms with Gasteiger partial charge in [-0.1, -0.05) is 18.2 Å². The number of carbonyl (C=O) groups excluding carboxylic acids is 1. The van der Waals surface area contributed by atoms with E-state index in [1.807, 2.05) is 32.0 Å². The fourth-order valence-electron chi connectivity index (χ4n) is 3.19. The van der Waals surface area contributed by atoms with Gasteiger partial charge in [0.15, 0.2) is 0 Å². The molecule has 7 nitrogen and oxygen atoms in total. The smallest absolute Gasteiger partial charge is 0.261 e. The summed E-state index contributed by atoms with van der Waals surface area (Å²) in [6.07, 6.45) is 3.00. The van der Waals surface area contributed by atoms with E-state index >= 15 is 0 Å². The van der Waals surface area contributed by atoms with E-state index in [4.69, 9.17) is 9.47 Å². The topological polar surface area (TPSA) is 93.7 Å². The SMILES string of the molecule is COc1ccc(/C=C/C(=O)Nc2ccc(S(=O)(=O)Nc3c(C)cccc3C)cc2)c(OC)c1. The summed E-state index contributed by atoms with van der Waals surface area (Å²) in [6, 6.07) is 16.8. The maximum Gasteiger partial charge on any atom is 0.261 e. The van der Waals surface area contributed by atoms with Crippen LogP contribution in [0.4, 0.5) is 11.4 Å². The van der Waals surface area contributed by atoms with Crippen molar-refractivity contribution < 1.29 is 22.7 Å². The van der Waals surface area contributed by atoms with Gasteiger partial charge in [-0.3, -0.25) is 9.52 Å². The molecule has 1 amide bonds. The number of rotatable bonds is 8. The van der Waals surface area contributed by atoms with Crippen molar-refractivity contribution in [2.45, 2.75) is 18.7 Å². The molecule has 0 radical (unpaired) electrons. The van der Waals surface area contributed by atoms with Crippen LogP contribution in [0.1, 0.15) is 16.7 Å². The zero-order valence-electron chi connectivity index (χ0n) is 18.9. The van der Waals surface area contributed by atoms with Crippen LogP contribution >= 0.6 is 0 Å². The average Bonchev–Trinajstić information content (AvgIpc) is 2.80. The molecule has 0 aliphatic heterocycles. The number of methoxy groups -OCH3 is 2. The maximum absolute atomic E-state index is 12.8. The molecule has 0 heterocycles. The van der Waals surface area contributed by atoms with E-state index in [-0.39, 0.29) is 10.8 Å². The monoisotopic (exact) mass is 466 g/mol. The molecular formula is C25H26N2O5S. The number of nitrogens with one attached hydrogen (secondary N) is 2. The first-order valence-electron chi connectivity index (χ1n) is 10.1. The second-order valence-corrected chi connectivity index (χ2v) is 9.01. The van der Waals surface area contributed by atoms with Crippen LogP contribution in [0.2, 0.25) is 0 Å². The molecule has 33 heavy (non-hydrogen) atoms. The third-order valence-electron chi connectivity index (χ3n) is 5.00. The van der Waals surface area contributed by atoms with Crippen LogP contribution in [0.25, 0.3) is 6.08 Å². The Morgan fingerprint density at radius 2 is 1.58 bits per heavy atom. The van der Waals surface area contributed by atoms with Crippen LogP contribution in [0.15, 0.2) is 71.6 Å². The number of amides is 1. The fraction of sp³-hybridized carbons (Fsp3) is 0.160. The quantitative estimate of drug-likeness (QED) is 0.466. The standard InChI is InChI=1S/C25H26N2O5S/c1-17-6-5-7-18(2)25(17)27-33(29,30)22-13-10-20(11-14-22)26-24(28)15-9-19-8-12-21(31-3)16-23(19)32-4/h5-16,27H,1-4H3,(H,26,28)/b15-9+. The minimum atomic E-state index is -3.76. The van der Waals surface area contributed by atoms with Gasteiger partial charge in [0.25, 0.3) is 10.0 Å². The first kappa shape index (κ1) is 23.9. The first-order valence-corrected chi connectivity index (χ1v) is 11.6. The van der Waals surface area contributed by atoms with Crippen molar-refractivity contribution in [2.24, 2.45) is 0 Å². The number of para-hydroxylation sites is 1. The van der Waals surface area contributed by atoms with Crippen LogP contribution in [0.3, 0.4) is 0 Å². The minimum absolute atomic E-state index is 0.0988. The van der Waals surface area contributed by atoms with Crippen LogP contribution < -0.4 is 19.5 Å². The zero-order chi connectivity index (χ0) is 24.0. The Kier molecular flexibility index (Phi) is 7.40. The predicted octanol–water partition coefficient (Wildman–Crippen LogP) is 4.77. The Morgan fingerprint density at radius 1 is 0.909 bits per heavy atom. The Labute approximate surface area is 194 Å². The summed E-state index contributed by atoms with van der Waals surface area (Å²) in [4.78, 5) is 12.4. The van der Waals surface area contributed by atoms with Gasteiger partial charge >= 0.3 is 0 Å². The summed E-state index contributed by atoms with van der Waals surface area (Å²) in [5, 5.41) is 2.71. The molecule has 172 valence electrons. The van der Waals surface area contributed by atoms with Gasteiger partial charge in [-0.15, -0.1) is 0 Å². The van der Waals surface area contributed by atoms with Gasteiger partial charge in [-0.05, 0) is 67.4 Å². The van der Waals surface area contributed by atoms with Crippen molar-refractivity contribution in [3.63, 3.8) is 0 Å². The molecule has 0 unspecified atom stereocenters. The molecule has 0 fully saturated rings. The lowest BCUT2D eigenvalue weighted by Crippen LogP contribution is -2.15. The summed E-state index contributed by atoms with van der Waals surface area (Å²) < 4.78 is 38.7. The normalized spacial score (nSPS) is 11.3. The predicted molar refractivity (Wildman–Crippen MR) is 130 cm³/mol. The van der Waals surface area contributed by atoms with Gasteiger partial charge in [0.2, 0.25) is 5.91 Å². The van der Waals surface area contributed by atoms with Crippen molar-refractivity contribution in [2.75, 3.05) is 24.3 Å². The summed E-state index contributed by atoms with van der Waals surface area (Å²) in [5.41, 5.74) is 3.42. The molecule has 2 N–H and O–H groups in total. The minimum Gasteiger partial charge on any atom is -0.497 e. The summed E-state index contributed by atoms with van der Waals surface area (Å²) in [7, 11) is -0.662. The highest BCUT2D eigenvalue weighted by Gasteiger charge is 2.16. The van der Waals surface area contributed by atoms with Gasteiger partial charge in [0.05, 0.1) is 24.8 Å². The number of aryl methyl sites for hydroxylation is 2. The molecule has 0 bridgehead atoms. The molecule has 3 rings (SSSR count). The largest absolute Gasteiger partial charge is 0.497 e. The Morgan fingerprint density at radius 3 is 2.18 bits per heavy atom. The highest BCUT2D eigenvalue weighted by Crippen LogP contribution is 2.26. The number of sulfonamides is 1. The summed E-state index contributed by atoms with van der Waals surface area (Å²) in [5.74, 6) is 0.858. The van der Waals surface area contributed by atoms with Gasteiger partial charge in [-0.2, -0.15) is 0 Å². The third-order valence-corrected chi connectivity index (χ3v) is 6.37. The molecular weight excluding hydrogens is 440 g/mol. The Balaban J connectivity index is 1.69. The summed E-state index contributed by atoms with van der Waals surface area (Å²) >= 11 is 0. The number of hydrogen-bond acceptors (Lipinski definition) is 5. The van der Waals surface area contributed by atoms with Gasteiger partial charge < -0.3 is 14.8 Å². The van der Waals surface area contributed by atoms with Crippen molar-refractivity contribution >= 4 is 33.4 Å². The second-order valence-electron chi connectivity index (χ2n) is 7.33. The van der Waals surface area contributed by atoms with Crippen molar-refractivity contribution in [3.8, 4) is 11.5 Å². The number of ether oxygens (including phenoxy) is 2. The molecule has 0 saturated carbocycles. The molecule has 0 aliphatic rings. The number of benzene rings is 3. The third kappa shape index (κ3) is 5.93.